The van der Waals surface area contributed by atoms with Crippen LogP contribution in [-0.4, -0.2) is 40.6 Å². The highest BCUT2D eigenvalue weighted by Crippen LogP contribution is 2.62. The molecule has 150 valence electrons. The predicted molar refractivity (Wildman–Crippen MR) is 112 cm³/mol. The van der Waals surface area contributed by atoms with E-state index in [1.54, 1.807) is 24.5 Å². The van der Waals surface area contributed by atoms with Crippen molar-refractivity contribution >= 4 is 28.4 Å². The van der Waals surface area contributed by atoms with Gasteiger partial charge in [-0.25, -0.2) is 4.98 Å². The summed E-state index contributed by atoms with van der Waals surface area (Å²) in [6.07, 6.45) is 2.52. The Morgan fingerprint density at radius 1 is 1.34 bits per heavy atom. The molecule has 2 atom stereocenters. The zero-order valence-electron chi connectivity index (χ0n) is 16.5. The molecule has 2 aromatic heterocycles. The lowest BCUT2D eigenvalue weighted by Crippen LogP contribution is -2.54. The number of pyridine rings is 1. The van der Waals surface area contributed by atoms with Crippen LogP contribution < -0.4 is 0 Å². The molecular formula is C23H23ClN2O3. The minimum atomic E-state index is -0.177. The van der Waals surface area contributed by atoms with Gasteiger partial charge in [0.25, 0.3) is 5.91 Å². The number of fused-ring (bicyclic) bond motifs is 2. The summed E-state index contributed by atoms with van der Waals surface area (Å²) in [7, 11) is 0. The lowest BCUT2D eigenvalue weighted by Gasteiger charge is -2.55. The van der Waals surface area contributed by atoms with Gasteiger partial charge in [0, 0.05) is 23.9 Å². The maximum absolute atomic E-state index is 13.6. The lowest BCUT2D eigenvalue weighted by molar-refractivity contribution is -0.0976. The molecule has 3 heterocycles. The van der Waals surface area contributed by atoms with E-state index < -0.39 is 0 Å². The van der Waals surface area contributed by atoms with Crippen molar-refractivity contribution in [1.82, 2.24) is 9.88 Å². The van der Waals surface area contributed by atoms with Crippen molar-refractivity contribution in [1.29, 1.82) is 0 Å². The standard InChI is InChI=1S/C23H23ClN2O3/c1-22(2)11-23(13-27)12-26(10-19(22)23)21(28)15-9-17(18-7-4-8-29-18)25-20-14(15)5-3-6-16(20)24/h3-9,19,27H,10-13H2,1-2H3/t19-,23-/m1/s1. The first-order valence-electron chi connectivity index (χ1n) is 9.88. The Kier molecular flexibility index (Phi) is 4.06. The van der Waals surface area contributed by atoms with Crippen molar-refractivity contribution < 1.29 is 14.3 Å². The van der Waals surface area contributed by atoms with Crippen LogP contribution in [0.2, 0.25) is 5.02 Å². The Balaban J connectivity index is 1.60. The van der Waals surface area contributed by atoms with Crippen LogP contribution in [0.3, 0.4) is 0 Å². The average Bonchev–Trinajstić information content (AvgIpc) is 3.34. The molecule has 2 aliphatic rings. The zero-order chi connectivity index (χ0) is 20.4. The Morgan fingerprint density at radius 2 is 2.17 bits per heavy atom. The number of rotatable bonds is 3. The summed E-state index contributed by atoms with van der Waals surface area (Å²) in [6.45, 7) is 5.79. The van der Waals surface area contributed by atoms with Gasteiger partial charge < -0.3 is 14.4 Å². The fourth-order valence-corrected chi connectivity index (χ4v) is 5.82. The molecule has 1 saturated heterocycles. The van der Waals surface area contributed by atoms with Crippen LogP contribution >= 0.6 is 11.6 Å². The molecule has 5 nitrogen and oxygen atoms in total. The summed E-state index contributed by atoms with van der Waals surface area (Å²) >= 11 is 6.41. The van der Waals surface area contributed by atoms with Crippen molar-refractivity contribution in [3.8, 4) is 11.5 Å². The predicted octanol–water partition coefficient (Wildman–Crippen LogP) is 4.63. The third-order valence-electron chi connectivity index (χ3n) is 6.80. The molecule has 1 N–H and O–H groups in total. The van der Waals surface area contributed by atoms with Gasteiger partial charge >= 0.3 is 0 Å². The Hall–Kier alpha value is -2.37. The number of hydrogen-bond donors (Lipinski definition) is 1. The van der Waals surface area contributed by atoms with Gasteiger partial charge in [-0.2, -0.15) is 0 Å². The van der Waals surface area contributed by atoms with Gasteiger partial charge in [0.15, 0.2) is 5.76 Å². The van der Waals surface area contributed by atoms with E-state index in [4.69, 9.17) is 16.0 Å². The second-order valence-electron chi connectivity index (χ2n) is 9.09. The minimum Gasteiger partial charge on any atom is -0.463 e. The van der Waals surface area contributed by atoms with E-state index in [0.717, 1.165) is 11.8 Å². The number of likely N-dealkylation sites (tertiary alicyclic amines) is 1. The summed E-state index contributed by atoms with van der Waals surface area (Å²) in [6, 6.07) is 10.9. The highest BCUT2D eigenvalue weighted by molar-refractivity contribution is 6.35. The van der Waals surface area contributed by atoms with E-state index in [9.17, 15) is 9.90 Å². The Labute approximate surface area is 174 Å². The van der Waals surface area contributed by atoms with Crippen LogP contribution in [0.15, 0.2) is 47.1 Å². The zero-order valence-corrected chi connectivity index (χ0v) is 17.2. The van der Waals surface area contributed by atoms with Crippen LogP contribution in [0, 0.1) is 16.7 Å². The van der Waals surface area contributed by atoms with Crippen LogP contribution in [0.4, 0.5) is 0 Å². The van der Waals surface area contributed by atoms with Gasteiger partial charge in [0.05, 0.1) is 29.0 Å². The molecule has 0 unspecified atom stereocenters. The smallest absolute Gasteiger partial charge is 0.254 e. The summed E-state index contributed by atoms with van der Waals surface area (Å²) in [5, 5.41) is 11.3. The maximum atomic E-state index is 13.6. The van der Waals surface area contributed by atoms with E-state index in [1.807, 2.05) is 23.1 Å². The Bertz CT molecular complexity index is 1110. The first kappa shape index (κ1) is 18.6. The van der Waals surface area contributed by atoms with Gasteiger partial charge in [-0.3, -0.25) is 4.79 Å². The maximum Gasteiger partial charge on any atom is 0.254 e. The molecule has 5 rings (SSSR count). The number of carbonyl (C=O) groups is 1. The highest BCUT2D eigenvalue weighted by Gasteiger charge is 2.63. The molecule has 1 amide bonds. The van der Waals surface area contributed by atoms with Crippen LogP contribution in [0.1, 0.15) is 30.6 Å². The van der Waals surface area contributed by atoms with E-state index in [0.29, 0.717) is 46.6 Å². The molecule has 3 aromatic rings. The largest absolute Gasteiger partial charge is 0.463 e. The number of furan rings is 1. The fraction of sp³-hybridized carbons (Fsp3) is 0.391. The van der Waals surface area contributed by atoms with Crippen molar-refractivity contribution in [3.63, 3.8) is 0 Å². The number of aliphatic hydroxyl groups excluding tert-OH is 1. The third kappa shape index (κ3) is 2.71. The lowest BCUT2D eigenvalue weighted by atomic mass is 9.48. The van der Waals surface area contributed by atoms with Gasteiger partial charge in [-0.05, 0) is 42.0 Å². The minimum absolute atomic E-state index is 0.0505. The number of benzene rings is 1. The number of carbonyl (C=O) groups excluding carboxylic acids is 1. The van der Waals surface area contributed by atoms with Crippen molar-refractivity contribution in [2.45, 2.75) is 20.3 Å². The SMILES string of the molecule is CC1(C)C[C@]2(CO)CN(C(=O)c3cc(-c4ccco4)nc4c(Cl)cccc34)C[C@H]12. The molecule has 0 spiro atoms. The average molecular weight is 411 g/mol. The molecular weight excluding hydrogens is 388 g/mol. The van der Waals surface area contributed by atoms with Gasteiger partial charge in [-0.1, -0.05) is 37.6 Å². The summed E-state index contributed by atoms with van der Waals surface area (Å²) in [4.78, 5) is 20.2. The monoisotopic (exact) mass is 410 g/mol. The molecule has 1 aromatic carbocycles. The Morgan fingerprint density at radius 3 is 2.83 bits per heavy atom. The number of hydrogen-bond acceptors (Lipinski definition) is 4. The van der Waals surface area contributed by atoms with Gasteiger partial charge in [0.2, 0.25) is 0 Å². The molecule has 29 heavy (non-hydrogen) atoms. The molecule has 6 heteroatoms. The highest BCUT2D eigenvalue weighted by atomic mass is 35.5. The summed E-state index contributed by atoms with van der Waals surface area (Å²) in [5.41, 5.74) is 1.70. The molecule has 1 saturated carbocycles. The number of nitrogens with zero attached hydrogens (tertiary/aromatic N) is 2. The first-order valence-corrected chi connectivity index (χ1v) is 10.3. The van der Waals surface area contributed by atoms with Crippen LogP contribution in [0.25, 0.3) is 22.4 Å². The number of para-hydroxylation sites is 1. The van der Waals surface area contributed by atoms with Crippen molar-refractivity contribution in [2.24, 2.45) is 16.7 Å². The molecule has 1 aliphatic heterocycles. The quantitative estimate of drug-likeness (QED) is 0.683. The summed E-state index contributed by atoms with van der Waals surface area (Å²) in [5.74, 6) is 0.853. The van der Waals surface area contributed by atoms with Gasteiger partial charge in [0.1, 0.15) is 5.69 Å². The van der Waals surface area contributed by atoms with E-state index in [-0.39, 0.29) is 23.3 Å². The first-order chi connectivity index (χ1) is 13.8. The number of halogens is 1. The van der Waals surface area contributed by atoms with E-state index in [2.05, 4.69) is 18.8 Å². The topological polar surface area (TPSA) is 66.6 Å². The van der Waals surface area contributed by atoms with Gasteiger partial charge in [-0.15, -0.1) is 0 Å². The number of amides is 1. The van der Waals surface area contributed by atoms with Crippen LogP contribution in [-0.2, 0) is 0 Å². The van der Waals surface area contributed by atoms with Crippen LogP contribution in [0.5, 0.6) is 0 Å². The molecule has 0 radical (unpaired) electrons. The molecule has 0 bridgehead atoms. The summed E-state index contributed by atoms with van der Waals surface area (Å²) < 4.78 is 5.51. The van der Waals surface area contributed by atoms with Crippen molar-refractivity contribution in [2.75, 3.05) is 19.7 Å². The second-order valence-corrected chi connectivity index (χ2v) is 9.50. The fourth-order valence-electron chi connectivity index (χ4n) is 5.61. The second kappa shape index (κ2) is 6.31. The molecule has 1 aliphatic carbocycles. The van der Waals surface area contributed by atoms with E-state index >= 15 is 0 Å². The number of aromatic nitrogens is 1. The molecule has 2 fully saturated rings. The van der Waals surface area contributed by atoms with Crippen molar-refractivity contribution in [3.05, 3.63) is 53.2 Å². The van der Waals surface area contributed by atoms with E-state index in [1.165, 1.54) is 0 Å². The third-order valence-corrected chi connectivity index (χ3v) is 7.10. The number of aliphatic hydroxyl groups is 1. The normalized spacial score (nSPS) is 25.1.